The first-order chi connectivity index (χ1) is 10.6. The highest BCUT2D eigenvalue weighted by Gasteiger charge is 2.38. The molecular weight excluding hydrogens is 304 g/mol. The molecule has 3 rings (SSSR count). The lowest BCUT2D eigenvalue weighted by molar-refractivity contribution is -0.0370. The summed E-state index contributed by atoms with van der Waals surface area (Å²) in [6.07, 6.45) is 0.303. The van der Waals surface area contributed by atoms with E-state index >= 15 is 0 Å². The molecule has 0 radical (unpaired) electrons. The molecule has 0 saturated carbocycles. The summed E-state index contributed by atoms with van der Waals surface area (Å²) in [6, 6.07) is 4.40. The molecule has 2 fully saturated rings. The minimum atomic E-state index is 0.303. The molecule has 22 heavy (non-hydrogen) atoms. The number of hydrogen-bond donors (Lipinski definition) is 0. The van der Waals surface area contributed by atoms with Gasteiger partial charge in [0.1, 0.15) is 0 Å². The van der Waals surface area contributed by atoms with Crippen molar-refractivity contribution in [2.75, 3.05) is 47.5 Å². The van der Waals surface area contributed by atoms with E-state index in [4.69, 9.17) is 25.8 Å². The van der Waals surface area contributed by atoms with Gasteiger partial charge in [-0.05, 0) is 18.7 Å². The van der Waals surface area contributed by atoms with Crippen molar-refractivity contribution in [2.24, 2.45) is 0 Å². The molecule has 2 heterocycles. The van der Waals surface area contributed by atoms with Crippen molar-refractivity contribution in [1.82, 2.24) is 9.80 Å². The van der Waals surface area contributed by atoms with Crippen LogP contribution < -0.4 is 9.47 Å². The van der Waals surface area contributed by atoms with Crippen molar-refractivity contribution < 1.29 is 14.2 Å². The molecular formula is C16H23ClN2O3. The fourth-order valence-corrected chi connectivity index (χ4v) is 3.65. The van der Waals surface area contributed by atoms with Crippen molar-refractivity contribution in [3.05, 3.63) is 22.7 Å². The Balaban J connectivity index is 1.74. The highest BCUT2D eigenvalue weighted by Crippen LogP contribution is 2.38. The standard InChI is InChI=1S/C16H23ClN2O3/c1-18-6-7-22-14-10-19(9-12(14)18)8-11-4-5-13(20-2)16(21-3)15(11)17/h4-5,12,14H,6-10H2,1-3H3/t12-,14+/m0/s1. The second kappa shape index (κ2) is 6.62. The number of rotatable bonds is 4. The molecule has 122 valence electrons. The average molecular weight is 327 g/mol. The second-order valence-corrected chi connectivity index (χ2v) is 6.30. The number of benzene rings is 1. The Kier molecular flexibility index (Phi) is 4.78. The fourth-order valence-electron chi connectivity index (χ4n) is 3.36. The van der Waals surface area contributed by atoms with Gasteiger partial charge in [0, 0.05) is 32.2 Å². The molecule has 0 aliphatic carbocycles. The van der Waals surface area contributed by atoms with Gasteiger partial charge in [-0.1, -0.05) is 17.7 Å². The molecule has 0 spiro atoms. The molecule has 2 aliphatic rings. The van der Waals surface area contributed by atoms with E-state index in [9.17, 15) is 0 Å². The van der Waals surface area contributed by atoms with E-state index in [2.05, 4.69) is 16.8 Å². The van der Waals surface area contributed by atoms with Gasteiger partial charge in [-0.25, -0.2) is 0 Å². The Morgan fingerprint density at radius 3 is 2.77 bits per heavy atom. The minimum Gasteiger partial charge on any atom is -0.493 e. The SMILES string of the molecule is COc1ccc(CN2C[C@H]3OCCN(C)[C@H]3C2)c(Cl)c1OC. The molecule has 0 unspecified atom stereocenters. The predicted molar refractivity (Wildman–Crippen MR) is 86.0 cm³/mol. The molecule has 2 aliphatic heterocycles. The van der Waals surface area contributed by atoms with Gasteiger partial charge < -0.3 is 14.2 Å². The van der Waals surface area contributed by atoms with Crippen LogP contribution in [0.15, 0.2) is 12.1 Å². The van der Waals surface area contributed by atoms with Crippen LogP contribution in [-0.2, 0) is 11.3 Å². The van der Waals surface area contributed by atoms with E-state index in [0.717, 1.165) is 38.3 Å². The summed E-state index contributed by atoms with van der Waals surface area (Å²) in [5, 5.41) is 0.631. The van der Waals surface area contributed by atoms with Crippen molar-refractivity contribution in [3.8, 4) is 11.5 Å². The zero-order chi connectivity index (χ0) is 15.7. The van der Waals surface area contributed by atoms with E-state index < -0.39 is 0 Å². The van der Waals surface area contributed by atoms with E-state index in [-0.39, 0.29) is 0 Å². The maximum absolute atomic E-state index is 6.48. The fraction of sp³-hybridized carbons (Fsp3) is 0.625. The minimum absolute atomic E-state index is 0.303. The van der Waals surface area contributed by atoms with Gasteiger partial charge in [-0.2, -0.15) is 0 Å². The Morgan fingerprint density at radius 1 is 1.27 bits per heavy atom. The predicted octanol–water partition coefficient (Wildman–Crippen LogP) is 1.87. The summed E-state index contributed by atoms with van der Waals surface area (Å²) in [4.78, 5) is 4.79. The van der Waals surface area contributed by atoms with Crippen LogP contribution in [0.4, 0.5) is 0 Å². The van der Waals surface area contributed by atoms with Gasteiger partial charge in [0.2, 0.25) is 0 Å². The lowest BCUT2D eigenvalue weighted by Gasteiger charge is -2.33. The van der Waals surface area contributed by atoms with Gasteiger partial charge in [0.25, 0.3) is 0 Å². The molecule has 0 aromatic heterocycles. The van der Waals surface area contributed by atoms with Crippen LogP contribution >= 0.6 is 11.6 Å². The maximum atomic E-state index is 6.48. The summed E-state index contributed by atoms with van der Waals surface area (Å²) in [7, 11) is 5.40. The molecule has 6 heteroatoms. The quantitative estimate of drug-likeness (QED) is 0.844. The molecule has 2 atom stereocenters. The number of morpholine rings is 1. The lowest BCUT2D eigenvalue weighted by atomic mass is 10.1. The number of fused-ring (bicyclic) bond motifs is 1. The Bertz CT molecular complexity index is 540. The van der Waals surface area contributed by atoms with Crippen molar-refractivity contribution >= 4 is 11.6 Å². The van der Waals surface area contributed by atoms with E-state index in [0.29, 0.717) is 28.7 Å². The summed E-state index contributed by atoms with van der Waals surface area (Å²) < 4.78 is 16.5. The third-order valence-corrected chi connectivity index (χ3v) is 5.03. The van der Waals surface area contributed by atoms with Gasteiger partial charge in [0.05, 0.1) is 32.0 Å². The maximum Gasteiger partial charge on any atom is 0.179 e. The van der Waals surface area contributed by atoms with Gasteiger partial charge in [0.15, 0.2) is 11.5 Å². The summed E-state index contributed by atoms with van der Waals surface area (Å²) in [5.41, 5.74) is 1.06. The van der Waals surface area contributed by atoms with E-state index in [1.807, 2.05) is 12.1 Å². The van der Waals surface area contributed by atoms with Crippen molar-refractivity contribution in [1.29, 1.82) is 0 Å². The topological polar surface area (TPSA) is 34.2 Å². The first-order valence-corrected chi connectivity index (χ1v) is 7.95. The number of nitrogens with zero attached hydrogens (tertiary/aromatic N) is 2. The molecule has 0 N–H and O–H groups in total. The van der Waals surface area contributed by atoms with Crippen LogP contribution in [0.25, 0.3) is 0 Å². The Labute approximate surface area is 136 Å². The number of halogens is 1. The molecule has 1 aromatic carbocycles. The smallest absolute Gasteiger partial charge is 0.179 e. The third-order valence-electron chi connectivity index (χ3n) is 4.61. The Hall–Kier alpha value is -1.01. The number of likely N-dealkylation sites (N-methyl/N-ethyl adjacent to an activating group) is 1. The highest BCUT2D eigenvalue weighted by molar-refractivity contribution is 6.33. The van der Waals surface area contributed by atoms with Gasteiger partial charge in [-0.3, -0.25) is 9.80 Å². The second-order valence-electron chi connectivity index (χ2n) is 5.93. The monoisotopic (exact) mass is 326 g/mol. The lowest BCUT2D eigenvalue weighted by Crippen LogP contribution is -2.48. The third kappa shape index (κ3) is 2.91. The summed E-state index contributed by atoms with van der Waals surface area (Å²) in [5.74, 6) is 1.26. The van der Waals surface area contributed by atoms with Crippen LogP contribution in [0, 0.1) is 0 Å². The average Bonchev–Trinajstić information content (AvgIpc) is 2.93. The van der Waals surface area contributed by atoms with Crippen LogP contribution in [0.3, 0.4) is 0 Å². The van der Waals surface area contributed by atoms with Crippen LogP contribution in [0.1, 0.15) is 5.56 Å². The Morgan fingerprint density at radius 2 is 2.09 bits per heavy atom. The number of methoxy groups -OCH3 is 2. The molecule has 5 nitrogen and oxygen atoms in total. The van der Waals surface area contributed by atoms with Crippen LogP contribution in [-0.4, -0.2) is 69.5 Å². The molecule has 1 aromatic rings. The van der Waals surface area contributed by atoms with Gasteiger partial charge >= 0.3 is 0 Å². The number of ether oxygens (including phenoxy) is 3. The van der Waals surface area contributed by atoms with E-state index in [1.54, 1.807) is 14.2 Å². The van der Waals surface area contributed by atoms with Gasteiger partial charge in [-0.15, -0.1) is 0 Å². The highest BCUT2D eigenvalue weighted by atomic mass is 35.5. The zero-order valence-electron chi connectivity index (χ0n) is 13.3. The number of likely N-dealkylation sites (tertiary alicyclic amines) is 1. The van der Waals surface area contributed by atoms with Crippen molar-refractivity contribution in [2.45, 2.75) is 18.7 Å². The first-order valence-electron chi connectivity index (χ1n) is 7.57. The molecule has 2 saturated heterocycles. The van der Waals surface area contributed by atoms with Crippen LogP contribution in [0.2, 0.25) is 5.02 Å². The molecule has 0 bridgehead atoms. The summed E-state index contributed by atoms with van der Waals surface area (Å²) >= 11 is 6.48. The van der Waals surface area contributed by atoms with Crippen molar-refractivity contribution in [3.63, 3.8) is 0 Å². The normalized spacial score (nSPS) is 26.0. The summed E-state index contributed by atoms with van der Waals surface area (Å²) in [6.45, 7) is 4.57. The number of hydrogen-bond acceptors (Lipinski definition) is 5. The van der Waals surface area contributed by atoms with Crippen LogP contribution in [0.5, 0.6) is 11.5 Å². The molecule has 0 amide bonds. The largest absolute Gasteiger partial charge is 0.493 e. The zero-order valence-corrected chi connectivity index (χ0v) is 14.1. The first kappa shape index (κ1) is 15.9. The van der Waals surface area contributed by atoms with E-state index in [1.165, 1.54) is 0 Å².